The van der Waals surface area contributed by atoms with Gasteiger partial charge in [0.2, 0.25) is 5.91 Å². The number of aliphatic hydroxyl groups excluding tert-OH is 1. The van der Waals surface area contributed by atoms with Crippen molar-refractivity contribution in [1.82, 2.24) is 5.32 Å². The number of nitrogens with two attached hydrogens (primary N) is 1. The third-order valence-electron chi connectivity index (χ3n) is 8.68. The molecule has 0 aromatic heterocycles. The van der Waals surface area contributed by atoms with Gasteiger partial charge in [0.05, 0.1) is 16.7 Å². The molecular formula is C33H37ClF2N2O4. The first-order valence-corrected chi connectivity index (χ1v) is 14.8. The molecule has 1 aliphatic heterocycles. The molecule has 1 heterocycles. The number of halogens is 3. The van der Waals surface area contributed by atoms with Crippen LogP contribution in [-0.4, -0.2) is 36.3 Å². The Bertz CT molecular complexity index is 1460. The van der Waals surface area contributed by atoms with Gasteiger partial charge in [-0.05, 0) is 56.2 Å². The number of carbonyl (C=O) groups is 1. The summed E-state index contributed by atoms with van der Waals surface area (Å²) in [6.45, 7) is 5.94. The predicted molar refractivity (Wildman–Crippen MR) is 159 cm³/mol. The topological polar surface area (TPSA) is 93.8 Å². The smallest absolute Gasteiger partial charge is 0.249 e. The second kappa shape index (κ2) is 12.2. The minimum Gasteiger partial charge on any atom is -0.488 e. The summed E-state index contributed by atoms with van der Waals surface area (Å²) >= 11 is 6.61. The molecule has 2 aliphatic rings. The summed E-state index contributed by atoms with van der Waals surface area (Å²) in [6.07, 6.45) is 3.50. The van der Waals surface area contributed by atoms with Crippen LogP contribution < -0.4 is 20.5 Å². The van der Waals surface area contributed by atoms with Crippen LogP contribution in [0.15, 0.2) is 48.5 Å². The minimum atomic E-state index is -0.970. The van der Waals surface area contributed by atoms with Crippen LogP contribution in [0.3, 0.4) is 0 Å². The second-order valence-corrected chi connectivity index (χ2v) is 12.1. The van der Waals surface area contributed by atoms with Crippen LogP contribution in [0.5, 0.6) is 11.5 Å². The van der Waals surface area contributed by atoms with Gasteiger partial charge in [0.1, 0.15) is 18.2 Å². The lowest BCUT2D eigenvalue weighted by molar-refractivity contribution is 0.0636. The van der Waals surface area contributed by atoms with Gasteiger partial charge in [-0.15, -0.1) is 0 Å². The molecule has 0 spiro atoms. The van der Waals surface area contributed by atoms with Gasteiger partial charge in [0.15, 0.2) is 17.2 Å². The molecule has 3 atom stereocenters. The maximum absolute atomic E-state index is 16.2. The van der Waals surface area contributed by atoms with E-state index in [9.17, 15) is 9.90 Å². The molecular weight excluding hydrogens is 562 g/mol. The van der Waals surface area contributed by atoms with Crippen molar-refractivity contribution in [1.29, 1.82) is 0 Å². The molecule has 0 saturated heterocycles. The van der Waals surface area contributed by atoms with Crippen molar-refractivity contribution in [2.75, 3.05) is 13.2 Å². The number of hydrogen-bond donors (Lipinski definition) is 3. The van der Waals surface area contributed by atoms with Crippen LogP contribution in [0.4, 0.5) is 8.78 Å². The summed E-state index contributed by atoms with van der Waals surface area (Å²) in [5, 5.41) is 13.0. The third kappa shape index (κ3) is 5.60. The molecule has 0 unspecified atom stereocenters. The molecule has 224 valence electrons. The largest absolute Gasteiger partial charge is 0.488 e. The molecule has 42 heavy (non-hydrogen) atoms. The van der Waals surface area contributed by atoms with Crippen LogP contribution in [0.25, 0.3) is 11.1 Å². The Hall–Kier alpha value is -3.20. The summed E-state index contributed by atoms with van der Waals surface area (Å²) in [7, 11) is 0. The molecule has 1 aliphatic carbocycles. The zero-order valence-corrected chi connectivity index (χ0v) is 24.8. The number of aliphatic hydroxyl groups is 1. The van der Waals surface area contributed by atoms with E-state index in [2.05, 4.69) is 12.2 Å². The second-order valence-electron chi connectivity index (χ2n) is 11.7. The number of benzene rings is 3. The average Bonchev–Trinajstić information content (AvgIpc) is 3.24. The van der Waals surface area contributed by atoms with Crippen LogP contribution in [0.2, 0.25) is 5.02 Å². The van der Waals surface area contributed by atoms with Gasteiger partial charge in [0.25, 0.3) is 0 Å². The van der Waals surface area contributed by atoms with Gasteiger partial charge >= 0.3 is 0 Å². The summed E-state index contributed by atoms with van der Waals surface area (Å²) in [4.78, 5) is 12.5. The molecule has 3 aromatic rings. The number of rotatable bonds is 9. The average molecular weight is 599 g/mol. The summed E-state index contributed by atoms with van der Waals surface area (Å²) < 4.78 is 43.9. The van der Waals surface area contributed by atoms with Crippen molar-refractivity contribution in [2.24, 2.45) is 11.7 Å². The molecule has 1 fully saturated rings. The molecule has 1 saturated carbocycles. The Labute approximate surface area is 250 Å². The number of ether oxygens (including phenoxy) is 2. The molecule has 5 rings (SSSR count). The summed E-state index contributed by atoms with van der Waals surface area (Å²) in [6, 6.07) is 13.8. The van der Waals surface area contributed by atoms with E-state index in [1.54, 1.807) is 0 Å². The lowest BCUT2D eigenvalue weighted by atomic mass is 9.77. The zero-order chi connectivity index (χ0) is 30.2. The van der Waals surface area contributed by atoms with Crippen LogP contribution in [-0.2, 0) is 5.60 Å². The quantitative estimate of drug-likeness (QED) is 0.255. The predicted octanol–water partition coefficient (Wildman–Crippen LogP) is 6.70. The Morgan fingerprint density at radius 1 is 1.14 bits per heavy atom. The molecule has 1 amide bonds. The Kier molecular flexibility index (Phi) is 8.78. The summed E-state index contributed by atoms with van der Waals surface area (Å²) in [5.74, 6) is -2.42. The van der Waals surface area contributed by atoms with Crippen LogP contribution in [0.1, 0.15) is 73.9 Å². The highest BCUT2D eigenvalue weighted by Gasteiger charge is 2.50. The van der Waals surface area contributed by atoms with Crippen LogP contribution in [0, 0.1) is 17.6 Å². The number of fused-ring (bicyclic) bond motifs is 1. The van der Waals surface area contributed by atoms with E-state index in [4.69, 9.17) is 26.8 Å². The Morgan fingerprint density at radius 3 is 2.48 bits per heavy atom. The van der Waals surface area contributed by atoms with Gasteiger partial charge in [-0.1, -0.05) is 55.8 Å². The highest BCUT2D eigenvalue weighted by Crippen LogP contribution is 2.56. The summed E-state index contributed by atoms with van der Waals surface area (Å²) in [5.41, 5.74) is 5.61. The van der Waals surface area contributed by atoms with Gasteiger partial charge in [-0.2, -0.15) is 0 Å². The number of nitrogens with one attached hydrogen (secondary N) is 1. The highest BCUT2D eigenvalue weighted by atomic mass is 35.5. The van der Waals surface area contributed by atoms with E-state index < -0.39 is 35.2 Å². The van der Waals surface area contributed by atoms with E-state index in [1.807, 2.05) is 37.3 Å². The highest BCUT2D eigenvalue weighted by molar-refractivity contribution is 6.34. The molecule has 3 aromatic carbocycles. The lowest BCUT2D eigenvalue weighted by Crippen LogP contribution is -2.47. The van der Waals surface area contributed by atoms with Gasteiger partial charge in [-0.25, -0.2) is 8.78 Å². The molecule has 4 N–H and O–H groups in total. The van der Waals surface area contributed by atoms with Crippen LogP contribution >= 0.6 is 11.6 Å². The van der Waals surface area contributed by atoms with E-state index in [0.29, 0.717) is 24.1 Å². The maximum atomic E-state index is 16.2. The van der Waals surface area contributed by atoms with E-state index >= 15 is 8.78 Å². The normalized spacial score (nSPS) is 24.1. The number of hydrogen-bond acceptors (Lipinski definition) is 5. The molecule has 6 nitrogen and oxygen atoms in total. The standard InChI is InChI=1S/C33H37ClF2N2O4/c1-18-9-11-22(12-10-18)38-17-33(21-7-5-4-6-8-21)20(3)27-26(42-33)15-24(35)30(34)29(27)28-23(32(37)40)13-14-25(31(28)36)41-16-19(2)39/h4-8,13-15,18-20,22,38-39H,9-12,16-17H2,1-3H3,(H2,37,40)/t18-,19-,20-,22+,33-/m0/s1. The Balaban J connectivity index is 1.66. The molecule has 0 bridgehead atoms. The van der Waals surface area contributed by atoms with Crippen molar-refractivity contribution in [3.05, 3.63) is 81.9 Å². The van der Waals surface area contributed by atoms with Crippen molar-refractivity contribution in [3.8, 4) is 22.6 Å². The van der Waals surface area contributed by atoms with Gasteiger partial charge in [-0.3, -0.25) is 4.79 Å². The Morgan fingerprint density at radius 2 is 1.83 bits per heavy atom. The van der Waals surface area contributed by atoms with E-state index in [0.717, 1.165) is 31.2 Å². The van der Waals surface area contributed by atoms with Crippen molar-refractivity contribution < 1.29 is 28.2 Å². The fraction of sp³-hybridized carbons (Fsp3) is 0.424. The van der Waals surface area contributed by atoms with E-state index in [1.165, 1.54) is 25.1 Å². The number of amides is 1. The SMILES string of the molecule is C[C@H](O)COc1ccc(C(N)=O)c(-c2c(Cl)c(F)cc3c2[C@H](C)[C@@](CN[C@H]2CC[C@@H](C)CC2)(c2ccccc2)O3)c1F. The van der Waals surface area contributed by atoms with E-state index in [-0.39, 0.29) is 39.8 Å². The lowest BCUT2D eigenvalue weighted by Gasteiger charge is -2.37. The fourth-order valence-electron chi connectivity index (χ4n) is 6.30. The monoisotopic (exact) mass is 598 g/mol. The molecule has 9 heteroatoms. The van der Waals surface area contributed by atoms with Crippen molar-refractivity contribution in [3.63, 3.8) is 0 Å². The minimum absolute atomic E-state index is 0.00254. The van der Waals surface area contributed by atoms with Crippen molar-refractivity contribution >= 4 is 17.5 Å². The number of primary amides is 1. The van der Waals surface area contributed by atoms with Gasteiger partial charge < -0.3 is 25.6 Å². The zero-order valence-electron chi connectivity index (χ0n) is 24.1. The maximum Gasteiger partial charge on any atom is 0.249 e. The first-order valence-electron chi connectivity index (χ1n) is 14.5. The van der Waals surface area contributed by atoms with Crippen molar-refractivity contribution in [2.45, 2.75) is 70.1 Å². The number of carbonyl (C=O) groups excluding carboxylic acids is 1. The third-order valence-corrected chi connectivity index (χ3v) is 9.05. The first-order chi connectivity index (χ1) is 20.0. The fourth-order valence-corrected chi connectivity index (χ4v) is 6.55. The van der Waals surface area contributed by atoms with Gasteiger partial charge in [0, 0.05) is 41.3 Å². The first kappa shape index (κ1) is 30.3. The molecule has 0 radical (unpaired) electrons.